The summed E-state index contributed by atoms with van der Waals surface area (Å²) in [5.41, 5.74) is 1.46. The Hall–Kier alpha value is -2.55. The Morgan fingerprint density at radius 2 is 1.84 bits per heavy atom. The molecular weight excluding hydrogens is 522 g/mol. The van der Waals surface area contributed by atoms with Gasteiger partial charge in [0, 0.05) is 11.8 Å². The average molecular weight is 556 g/mol. The number of hydrogen-bond donors (Lipinski definition) is 3. The van der Waals surface area contributed by atoms with Crippen LogP contribution in [0.5, 0.6) is 0 Å². The first-order valence-corrected chi connectivity index (χ1v) is 14.5. The molecule has 6 atom stereocenters. The van der Waals surface area contributed by atoms with Crippen molar-refractivity contribution in [1.29, 1.82) is 0 Å². The molecule has 0 radical (unpaired) electrons. The second kappa shape index (κ2) is 10.9. The van der Waals surface area contributed by atoms with Gasteiger partial charge in [-0.1, -0.05) is 67.9 Å². The van der Waals surface area contributed by atoms with Crippen LogP contribution in [0.1, 0.15) is 38.7 Å². The van der Waals surface area contributed by atoms with E-state index in [9.17, 15) is 19.5 Å². The highest BCUT2D eigenvalue weighted by Gasteiger charge is 2.74. The molecule has 3 aliphatic heterocycles. The number of thioether (sulfide) groups is 1. The van der Waals surface area contributed by atoms with E-state index in [4.69, 9.17) is 11.6 Å². The molecule has 202 valence electrons. The highest BCUT2D eigenvalue weighted by Crippen LogP contribution is 2.66. The Kier molecular flexibility index (Phi) is 7.76. The number of halogens is 1. The summed E-state index contributed by atoms with van der Waals surface area (Å²) in [6, 6.07) is 15.4. The van der Waals surface area contributed by atoms with Gasteiger partial charge in [0.2, 0.25) is 17.7 Å². The lowest BCUT2D eigenvalue weighted by atomic mass is 9.70. The van der Waals surface area contributed by atoms with Crippen LogP contribution in [-0.2, 0) is 20.9 Å². The van der Waals surface area contributed by atoms with E-state index in [0.29, 0.717) is 30.1 Å². The quantitative estimate of drug-likeness (QED) is 0.433. The smallest absolute Gasteiger partial charge is 0.248 e. The number of carbonyl (C=O) groups excluding carboxylic acids is 3. The molecule has 0 aromatic heterocycles. The molecular formula is C29H34ClN3O4S. The maximum atomic E-state index is 14.2. The predicted octanol–water partition coefficient (Wildman–Crippen LogP) is 4.09. The minimum atomic E-state index is -0.811. The maximum Gasteiger partial charge on any atom is 0.248 e. The zero-order valence-corrected chi connectivity index (χ0v) is 23.2. The van der Waals surface area contributed by atoms with Crippen molar-refractivity contribution in [2.75, 3.05) is 11.9 Å². The molecule has 1 spiro atoms. The van der Waals surface area contributed by atoms with Crippen LogP contribution >= 0.6 is 23.4 Å². The summed E-state index contributed by atoms with van der Waals surface area (Å²) in [7, 11) is 0. The van der Waals surface area contributed by atoms with Crippen molar-refractivity contribution in [3.63, 3.8) is 0 Å². The number of anilines is 1. The van der Waals surface area contributed by atoms with Gasteiger partial charge in [-0.2, -0.15) is 0 Å². The molecule has 3 aliphatic rings. The van der Waals surface area contributed by atoms with Crippen LogP contribution in [0, 0.1) is 17.8 Å². The third kappa shape index (κ3) is 4.71. The summed E-state index contributed by atoms with van der Waals surface area (Å²) in [5, 5.41) is 16.8. The molecule has 3 saturated heterocycles. The van der Waals surface area contributed by atoms with E-state index in [0.717, 1.165) is 12.0 Å². The number of rotatable bonds is 9. The minimum absolute atomic E-state index is 0.0323. The number of hydrogen-bond acceptors (Lipinski definition) is 5. The fourth-order valence-electron chi connectivity index (χ4n) is 6.57. The van der Waals surface area contributed by atoms with E-state index in [1.54, 1.807) is 40.9 Å². The predicted molar refractivity (Wildman–Crippen MR) is 150 cm³/mol. The first-order chi connectivity index (χ1) is 18.3. The first kappa shape index (κ1) is 27.0. The Morgan fingerprint density at radius 3 is 2.53 bits per heavy atom. The second-order valence-corrected chi connectivity index (χ2v) is 12.9. The standard InChI is InChI=1S/C29H34ClN3O4S/c1-17(2)14-19(16-34)33-25(27(36)32-21-11-7-6-10-20(21)30)29-13-12-22(38-29)23(24(29)28(33)37)26(35)31-15-18-8-4-3-5-9-18/h3-11,17,19,22-25,34H,12-16H2,1-2H3,(H,31,35)(H,32,36)/t19-,22+,23-,24+,25?,29?/m1/s1. The highest BCUT2D eigenvalue weighted by molar-refractivity contribution is 8.02. The number of aliphatic hydroxyl groups excluding tert-OH is 1. The van der Waals surface area contributed by atoms with Crippen LogP contribution < -0.4 is 10.6 Å². The molecule has 2 unspecified atom stereocenters. The number of nitrogens with zero attached hydrogens (tertiary/aromatic N) is 1. The molecule has 3 heterocycles. The molecule has 3 amide bonds. The second-order valence-electron chi connectivity index (χ2n) is 10.9. The number of nitrogens with one attached hydrogen (secondary N) is 2. The normalized spacial score (nSPS) is 28.4. The molecule has 2 aromatic carbocycles. The van der Waals surface area contributed by atoms with Crippen molar-refractivity contribution < 1.29 is 19.5 Å². The van der Waals surface area contributed by atoms with Gasteiger partial charge >= 0.3 is 0 Å². The Balaban J connectivity index is 1.47. The number of benzene rings is 2. The van der Waals surface area contributed by atoms with E-state index in [-0.39, 0.29) is 35.5 Å². The zero-order chi connectivity index (χ0) is 27.0. The van der Waals surface area contributed by atoms with Crippen molar-refractivity contribution in [3.05, 3.63) is 65.2 Å². The van der Waals surface area contributed by atoms with Gasteiger partial charge < -0.3 is 20.6 Å². The number of aliphatic hydroxyl groups is 1. The van der Waals surface area contributed by atoms with Crippen molar-refractivity contribution in [3.8, 4) is 0 Å². The molecule has 2 bridgehead atoms. The lowest BCUT2D eigenvalue weighted by Gasteiger charge is -2.37. The van der Waals surface area contributed by atoms with Gasteiger partial charge in [-0.25, -0.2) is 0 Å². The minimum Gasteiger partial charge on any atom is -0.394 e. The van der Waals surface area contributed by atoms with Crippen LogP contribution in [0.4, 0.5) is 5.69 Å². The monoisotopic (exact) mass is 555 g/mol. The molecule has 3 fully saturated rings. The van der Waals surface area contributed by atoms with Crippen LogP contribution in [0.15, 0.2) is 54.6 Å². The lowest BCUT2D eigenvalue weighted by Crippen LogP contribution is -2.55. The summed E-state index contributed by atoms with van der Waals surface area (Å²) in [6.45, 7) is 4.19. The zero-order valence-electron chi connectivity index (χ0n) is 21.6. The molecule has 38 heavy (non-hydrogen) atoms. The van der Waals surface area contributed by atoms with E-state index >= 15 is 0 Å². The number of likely N-dealkylation sites (tertiary alicyclic amines) is 1. The van der Waals surface area contributed by atoms with Crippen LogP contribution in [0.2, 0.25) is 5.02 Å². The van der Waals surface area contributed by atoms with Gasteiger partial charge in [0.15, 0.2) is 0 Å². The Morgan fingerprint density at radius 1 is 1.13 bits per heavy atom. The molecule has 2 aromatic rings. The van der Waals surface area contributed by atoms with Crippen molar-refractivity contribution in [1.82, 2.24) is 10.2 Å². The topological polar surface area (TPSA) is 98.7 Å². The van der Waals surface area contributed by atoms with Crippen molar-refractivity contribution in [2.45, 2.75) is 61.7 Å². The number of fused-ring (bicyclic) bond motifs is 1. The van der Waals surface area contributed by atoms with Crippen LogP contribution in [0.3, 0.4) is 0 Å². The largest absolute Gasteiger partial charge is 0.394 e. The molecule has 9 heteroatoms. The van der Waals surface area contributed by atoms with Crippen molar-refractivity contribution >= 4 is 46.8 Å². The summed E-state index contributed by atoms with van der Waals surface area (Å²) >= 11 is 7.96. The fourth-order valence-corrected chi connectivity index (χ4v) is 8.96. The number of amides is 3. The SMILES string of the molecule is CC(C)C[C@H](CO)N1C(=O)[C@@H]2[C@H](C(=O)NCc3ccccc3)[C@@H]3CCC2(S3)C1C(=O)Nc1ccccc1Cl. The molecule has 0 saturated carbocycles. The summed E-state index contributed by atoms with van der Waals surface area (Å²) in [5.74, 6) is -1.62. The average Bonchev–Trinajstić information content (AvgIpc) is 3.55. The van der Waals surface area contributed by atoms with E-state index in [1.807, 2.05) is 44.2 Å². The first-order valence-electron chi connectivity index (χ1n) is 13.2. The highest BCUT2D eigenvalue weighted by atomic mass is 35.5. The van der Waals surface area contributed by atoms with E-state index in [1.165, 1.54) is 0 Å². The van der Waals surface area contributed by atoms with Gasteiger partial charge in [0.05, 0.1) is 39.9 Å². The third-order valence-corrected chi connectivity index (χ3v) is 10.4. The van der Waals surface area contributed by atoms with Gasteiger partial charge in [0.1, 0.15) is 6.04 Å². The Labute approximate surface area is 232 Å². The molecule has 5 rings (SSSR count). The fraction of sp³-hybridized carbons (Fsp3) is 0.483. The molecule has 0 aliphatic carbocycles. The van der Waals surface area contributed by atoms with Gasteiger partial charge in [0.25, 0.3) is 0 Å². The van der Waals surface area contributed by atoms with Crippen molar-refractivity contribution in [2.24, 2.45) is 17.8 Å². The third-order valence-electron chi connectivity index (χ3n) is 8.08. The summed E-state index contributed by atoms with van der Waals surface area (Å²) in [4.78, 5) is 43.3. The molecule has 7 nitrogen and oxygen atoms in total. The maximum absolute atomic E-state index is 14.2. The van der Waals surface area contributed by atoms with Gasteiger partial charge in [-0.05, 0) is 42.9 Å². The summed E-state index contributed by atoms with van der Waals surface area (Å²) < 4.78 is -0.730. The molecule has 3 N–H and O–H groups in total. The lowest BCUT2D eigenvalue weighted by molar-refractivity contribution is -0.142. The van der Waals surface area contributed by atoms with Crippen LogP contribution in [0.25, 0.3) is 0 Å². The Bertz CT molecular complexity index is 1210. The number of para-hydroxylation sites is 1. The van der Waals surface area contributed by atoms with Crippen LogP contribution in [-0.4, -0.2) is 56.4 Å². The van der Waals surface area contributed by atoms with Gasteiger partial charge in [-0.15, -0.1) is 11.8 Å². The van der Waals surface area contributed by atoms with E-state index in [2.05, 4.69) is 10.6 Å². The van der Waals surface area contributed by atoms with E-state index < -0.39 is 28.7 Å². The summed E-state index contributed by atoms with van der Waals surface area (Å²) in [6.07, 6.45) is 1.98. The number of carbonyl (C=O) groups is 3. The van der Waals surface area contributed by atoms with Gasteiger partial charge in [-0.3, -0.25) is 14.4 Å².